The van der Waals surface area contributed by atoms with Gasteiger partial charge in [-0.15, -0.1) is 0 Å². The van der Waals surface area contributed by atoms with Gasteiger partial charge in [-0.25, -0.2) is 0 Å². The highest BCUT2D eigenvalue weighted by molar-refractivity contribution is 5.87. The largest absolute Gasteiger partial charge is 0.508 e. The van der Waals surface area contributed by atoms with Crippen LogP contribution in [0.5, 0.6) is 5.75 Å². The number of phenolic OH excluding ortho intramolecular Hbond substituents is 1. The second-order valence-electron chi connectivity index (χ2n) is 6.44. The van der Waals surface area contributed by atoms with Crippen molar-refractivity contribution in [2.75, 3.05) is 19.6 Å². The van der Waals surface area contributed by atoms with Crippen LogP contribution in [0.4, 0.5) is 0 Å². The minimum absolute atomic E-state index is 0.427. The molecule has 0 radical (unpaired) electrons. The lowest BCUT2D eigenvalue weighted by Gasteiger charge is -2.24. The molecule has 0 unspecified atom stereocenters. The average molecular weight is 282 g/mol. The molecule has 0 bridgehead atoms. The SMILES string of the molecule is Oc1ccc2ccccc2c1CN1C[C@@H]2CCCN[C@@H]2C1. The van der Waals surface area contributed by atoms with Crippen molar-refractivity contribution in [3.05, 3.63) is 42.0 Å². The summed E-state index contributed by atoms with van der Waals surface area (Å²) >= 11 is 0. The van der Waals surface area contributed by atoms with Gasteiger partial charge in [0.25, 0.3) is 0 Å². The van der Waals surface area contributed by atoms with Crippen molar-refractivity contribution in [1.29, 1.82) is 0 Å². The fourth-order valence-electron chi connectivity index (χ4n) is 3.98. The Bertz CT molecular complexity index is 641. The summed E-state index contributed by atoms with van der Waals surface area (Å²) in [6.45, 7) is 4.27. The highest BCUT2D eigenvalue weighted by Crippen LogP contribution is 2.31. The van der Waals surface area contributed by atoms with Gasteiger partial charge >= 0.3 is 0 Å². The maximum atomic E-state index is 10.3. The molecule has 2 saturated heterocycles. The van der Waals surface area contributed by atoms with E-state index in [1.807, 2.05) is 12.1 Å². The lowest BCUT2D eigenvalue weighted by molar-refractivity contribution is 0.308. The zero-order valence-electron chi connectivity index (χ0n) is 12.3. The molecule has 2 aliphatic heterocycles. The van der Waals surface area contributed by atoms with E-state index in [4.69, 9.17) is 0 Å². The lowest BCUT2D eigenvalue weighted by atomic mass is 9.94. The summed E-state index contributed by atoms with van der Waals surface area (Å²) in [4.78, 5) is 2.50. The lowest BCUT2D eigenvalue weighted by Crippen LogP contribution is -2.40. The van der Waals surface area contributed by atoms with Crippen molar-refractivity contribution in [2.45, 2.75) is 25.4 Å². The highest BCUT2D eigenvalue weighted by atomic mass is 16.3. The standard InChI is InChI=1S/C18H22N2O/c21-18-8-7-13-4-1-2-6-15(13)16(18)11-20-10-14-5-3-9-19-17(14)12-20/h1-2,4,6-8,14,17,19,21H,3,5,9-12H2/t14-,17+/m0/s1. The summed E-state index contributed by atoms with van der Waals surface area (Å²) < 4.78 is 0. The Morgan fingerprint density at radius 1 is 1.14 bits per heavy atom. The molecule has 4 rings (SSSR count). The normalized spacial score (nSPS) is 26.1. The van der Waals surface area contributed by atoms with Gasteiger partial charge in [0, 0.05) is 31.2 Å². The minimum Gasteiger partial charge on any atom is -0.508 e. The van der Waals surface area contributed by atoms with Gasteiger partial charge in [0.1, 0.15) is 5.75 Å². The number of rotatable bonds is 2. The molecule has 3 nitrogen and oxygen atoms in total. The maximum Gasteiger partial charge on any atom is 0.120 e. The number of piperidine rings is 1. The molecule has 0 saturated carbocycles. The van der Waals surface area contributed by atoms with Crippen LogP contribution in [-0.2, 0) is 6.54 Å². The van der Waals surface area contributed by atoms with Crippen LogP contribution >= 0.6 is 0 Å². The van der Waals surface area contributed by atoms with Crippen molar-refractivity contribution >= 4 is 10.8 Å². The zero-order chi connectivity index (χ0) is 14.2. The van der Waals surface area contributed by atoms with Gasteiger partial charge in [-0.1, -0.05) is 30.3 Å². The summed E-state index contributed by atoms with van der Waals surface area (Å²) in [7, 11) is 0. The van der Waals surface area contributed by atoms with Crippen molar-refractivity contribution in [1.82, 2.24) is 10.2 Å². The number of benzene rings is 2. The monoisotopic (exact) mass is 282 g/mol. The Morgan fingerprint density at radius 2 is 2.05 bits per heavy atom. The number of likely N-dealkylation sites (tertiary alicyclic amines) is 1. The predicted molar refractivity (Wildman–Crippen MR) is 85.4 cm³/mol. The van der Waals surface area contributed by atoms with Crippen molar-refractivity contribution < 1.29 is 5.11 Å². The van der Waals surface area contributed by atoms with E-state index in [-0.39, 0.29) is 0 Å². The molecule has 21 heavy (non-hydrogen) atoms. The topological polar surface area (TPSA) is 35.5 Å². The Labute approximate surface area is 125 Å². The molecule has 2 N–H and O–H groups in total. The number of nitrogens with zero attached hydrogens (tertiary/aromatic N) is 1. The Balaban J connectivity index is 1.61. The number of hydrogen-bond acceptors (Lipinski definition) is 3. The second-order valence-corrected chi connectivity index (χ2v) is 6.44. The van der Waals surface area contributed by atoms with E-state index in [2.05, 4.69) is 34.5 Å². The highest BCUT2D eigenvalue weighted by Gasteiger charge is 2.34. The molecular weight excluding hydrogens is 260 g/mol. The third kappa shape index (κ3) is 2.41. The molecule has 2 heterocycles. The molecule has 0 spiro atoms. The first-order valence-corrected chi connectivity index (χ1v) is 7.96. The Morgan fingerprint density at radius 3 is 2.95 bits per heavy atom. The first kappa shape index (κ1) is 13.1. The summed E-state index contributed by atoms with van der Waals surface area (Å²) in [5.41, 5.74) is 1.08. The van der Waals surface area contributed by atoms with Gasteiger partial charge in [-0.05, 0) is 42.1 Å². The van der Waals surface area contributed by atoms with Crippen LogP contribution in [0.1, 0.15) is 18.4 Å². The fraction of sp³-hybridized carbons (Fsp3) is 0.444. The van der Waals surface area contributed by atoms with Gasteiger partial charge in [-0.2, -0.15) is 0 Å². The Hall–Kier alpha value is -1.58. The van der Waals surface area contributed by atoms with E-state index in [1.54, 1.807) is 0 Å². The molecule has 2 aromatic rings. The van der Waals surface area contributed by atoms with Gasteiger partial charge in [-0.3, -0.25) is 4.90 Å². The van der Waals surface area contributed by atoms with Crippen LogP contribution in [0.3, 0.4) is 0 Å². The van der Waals surface area contributed by atoms with Crippen LogP contribution in [0.25, 0.3) is 10.8 Å². The zero-order valence-corrected chi connectivity index (χ0v) is 12.3. The van der Waals surface area contributed by atoms with E-state index in [0.717, 1.165) is 37.7 Å². The minimum atomic E-state index is 0.427. The van der Waals surface area contributed by atoms with Gasteiger partial charge in [0.05, 0.1) is 0 Å². The van der Waals surface area contributed by atoms with E-state index >= 15 is 0 Å². The number of aromatic hydroxyl groups is 1. The summed E-state index contributed by atoms with van der Waals surface area (Å²) in [6.07, 6.45) is 2.64. The van der Waals surface area contributed by atoms with Crippen molar-refractivity contribution in [3.63, 3.8) is 0 Å². The van der Waals surface area contributed by atoms with E-state index in [9.17, 15) is 5.11 Å². The van der Waals surface area contributed by atoms with E-state index in [1.165, 1.54) is 23.6 Å². The van der Waals surface area contributed by atoms with E-state index < -0.39 is 0 Å². The average Bonchev–Trinajstić information content (AvgIpc) is 2.92. The van der Waals surface area contributed by atoms with Gasteiger partial charge in [0.2, 0.25) is 0 Å². The smallest absolute Gasteiger partial charge is 0.120 e. The summed E-state index contributed by atoms with van der Waals surface area (Å²) in [6, 6.07) is 12.8. The third-order valence-corrected chi connectivity index (χ3v) is 5.07. The first-order valence-electron chi connectivity index (χ1n) is 7.96. The Kier molecular flexibility index (Phi) is 3.32. The van der Waals surface area contributed by atoms with Crippen LogP contribution < -0.4 is 5.32 Å². The molecule has 110 valence electrons. The molecular formula is C18H22N2O. The quantitative estimate of drug-likeness (QED) is 0.889. The fourth-order valence-corrected chi connectivity index (χ4v) is 3.98. The molecule has 2 fully saturated rings. The molecule has 2 atom stereocenters. The number of hydrogen-bond donors (Lipinski definition) is 2. The van der Waals surface area contributed by atoms with Crippen molar-refractivity contribution in [2.24, 2.45) is 5.92 Å². The maximum absolute atomic E-state index is 10.3. The van der Waals surface area contributed by atoms with Crippen LogP contribution in [0, 0.1) is 5.92 Å². The molecule has 3 heteroatoms. The predicted octanol–water partition coefficient (Wildman–Crippen LogP) is 2.73. The van der Waals surface area contributed by atoms with Crippen LogP contribution in [-0.4, -0.2) is 35.7 Å². The van der Waals surface area contributed by atoms with Crippen LogP contribution in [0.15, 0.2) is 36.4 Å². The third-order valence-electron chi connectivity index (χ3n) is 5.07. The summed E-state index contributed by atoms with van der Waals surface area (Å²) in [5.74, 6) is 1.22. The number of nitrogens with one attached hydrogen (secondary N) is 1. The molecule has 2 aliphatic rings. The van der Waals surface area contributed by atoms with Gasteiger partial charge < -0.3 is 10.4 Å². The van der Waals surface area contributed by atoms with E-state index in [0.29, 0.717) is 11.8 Å². The van der Waals surface area contributed by atoms with Crippen LogP contribution in [0.2, 0.25) is 0 Å². The second kappa shape index (κ2) is 5.32. The number of phenols is 1. The summed E-state index contributed by atoms with van der Waals surface area (Å²) in [5, 5.41) is 16.3. The molecule has 0 aromatic heterocycles. The van der Waals surface area contributed by atoms with Crippen molar-refractivity contribution in [3.8, 4) is 5.75 Å². The molecule has 0 amide bonds. The number of fused-ring (bicyclic) bond motifs is 2. The molecule has 2 aromatic carbocycles. The van der Waals surface area contributed by atoms with Gasteiger partial charge in [0.15, 0.2) is 0 Å². The first-order chi connectivity index (χ1) is 10.3. The molecule has 0 aliphatic carbocycles.